The van der Waals surface area contributed by atoms with E-state index in [1.54, 1.807) is 43.0 Å². The minimum Gasteiger partial charge on any atom is -0.493 e. The summed E-state index contributed by atoms with van der Waals surface area (Å²) in [6.45, 7) is 2.74. The van der Waals surface area contributed by atoms with Crippen molar-refractivity contribution in [1.82, 2.24) is 4.98 Å². The lowest BCUT2D eigenvalue weighted by atomic mass is 9.98. The molecule has 7 nitrogen and oxygen atoms in total. The average Bonchev–Trinajstić information content (AvgIpc) is 3.49. The number of hydrogen-bond donors (Lipinski definition) is 0. The van der Waals surface area contributed by atoms with Gasteiger partial charge in [0.1, 0.15) is 5.58 Å². The van der Waals surface area contributed by atoms with Crippen LogP contribution in [-0.2, 0) is 0 Å². The standard InChI is InChI=1S/C26H24N2O5S/c1-3-4-7-13-32-19-11-10-16(15-20(19)31-2)22-21-23(29)17-8-5-6-9-18(17)33-24(21)25(30)28(22)26-27-12-14-34-26/h5-6,8-12,14-15,22H,3-4,7,13H2,1-2H3. The predicted octanol–water partition coefficient (Wildman–Crippen LogP) is 5.58. The van der Waals surface area contributed by atoms with E-state index in [-0.39, 0.29) is 11.2 Å². The molecule has 0 fully saturated rings. The lowest BCUT2D eigenvalue weighted by Crippen LogP contribution is -2.29. The molecule has 1 unspecified atom stereocenters. The van der Waals surface area contributed by atoms with Crippen LogP contribution in [-0.4, -0.2) is 24.6 Å². The van der Waals surface area contributed by atoms with Crippen LogP contribution >= 0.6 is 11.3 Å². The number of para-hydroxylation sites is 1. The van der Waals surface area contributed by atoms with Gasteiger partial charge in [-0.2, -0.15) is 0 Å². The Bertz CT molecular complexity index is 1400. The van der Waals surface area contributed by atoms with E-state index in [4.69, 9.17) is 13.9 Å². The van der Waals surface area contributed by atoms with Crippen LogP contribution < -0.4 is 19.8 Å². The Kier molecular flexibility index (Phi) is 6.06. The Morgan fingerprint density at radius 1 is 1.12 bits per heavy atom. The van der Waals surface area contributed by atoms with Crippen molar-refractivity contribution < 1.29 is 18.7 Å². The molecule has 2 aromatic carbocycles. The van der Waals surface area contributed by atoms with Crippen molar-refractivity contribution in [3.8, 4) is 11.5 Å². The third-order valence-corrected chi connectivity index (χ3v) is 6.68. The number of nitrogens with zero attached hydrogens (tertiary/aromatic N) is 2. The number of rotatable bonds is 8. The molecule has 174 valence electrons. The summed E-state index contributed by atoms with van der Waals surface area (Å²) in [7, 11) is 1.58. The molecule has 0 saturated carbocycles. The van der Waals surface area contributed by atoms with Crippen LogP contribution in [0.1, 0.15) is 53.9 Å². The van der Waals surface area contributed by atoms with Gasteiger partial charge in [-0.25, -0.2) is 4.98 Å². The summed E-state index contributed by atoms with van der Waals surface area (Å²) in [6.07, 6.45) is 4.79. The average molecular weight is 477 g/mol. The van der Waals surface area contributed by atoms with Crippen molar-refractivity contribution in [3.63, 3.8) is 0 Å². The van der Waals surface area contributed by atoms with Gasteiger partial charge >= 0.3 is 0 Å². The number of fused-ring (bicyclic) bond motifs is 2. The largest absolute Gasteiger partial charge is 0.493 e. The summed E-state index contributed by atoms with van der Waals surface area (Å²) < 4.78 is 17.5. The van der Waals surface area contributed by atoms with Gasteiger partial charge in [-0.15, -0.1) is 11.3 Å². The number of anilines is 1. The third-order valence-electron chi connectivity index (χ3n) is 5.91. The number of methoxy groups -OCH3 is 1. The highest BCUT2D eigenvalue weighted by atomic mass is 32.1. The van der Waals surface area contributed by atoms with Crippen molar-refractivity contribution in [1.29, 1.82) is 0 Å². The number of ether oxygens (including phenoxy) is 2. The van der Waals surface area contributed by atoms with E-state index in [9.17, 15) is 9.59 Å². The van der Waals surface area contributed by atoms with E-state index in [0.717, 1.165) is 19.3 Å². The number of benzene rings is 2. The van der Waals surface area contributed by atoms with E-state index in [1.165, 1.54) is 16.2 Å². The quantitative estimate of drug-likeness (QED) is 0.309. The summed E-state index contributed by atoms with van der Waals surface area (Å²) in [5.74, 6) is 0.817. The van der Waals surface area contributed by atoms with Gasteiger partial charge in [0.25, 0.3) is 5.91 Å². The molecule has 0 spiro atoms. The Morgan fingerprint density at radius 3 is 2.74 bits per heavy atom. The maximum absolute atomic E-state index is 13.6. The van der Waals surface area contributed by atoms with Gasteiger partial charge in [-0.05, 0) is 36.2 Å². The molecule has 0 saturated heterocycles. The van der Waals surface area contributed by atoms with E-state index in [0.29, 0.717) is 45.3 Å². The number of carbonyl (C=O) groups is 1. The summed E-state index contributed by atoms with van der Waals surface area (Å²) in [5.41, 5.74) is 1.17. The predicted molar refractivity (Wildman–Crippen MR) is 131 cm³/mol. The summed E-state index contributed by atoms with van der Waals surface area (Å²) in [4.78, 5) is 33.0. The fourth-order valence-corrected chi connectivity index (χ4v) is 4.94. The molecular weight excluding hydrogens is 452 g/mol. The molecular formula is C26H24N2O5S. The molecule has 5 rings (SSSR count). The Balaban J connectivity index is 1.64. The summed E-state index contributed by atoms with van der Waals surface area (Å²) >= 11 is 1.33. The van der Waals surface area contributed by atoms with Crippen LogP contribution in [0.25, 0.3) is 11.0 Å². The van der Waals surface area contributed by atoms with Crippen LogP contribution in [0, 0.1) is 0 Å². The van der Waals surface area contributed by atoms with Crippen LogP contribution in [0.3, 0.4) is 0 Å². The van der Waals surface area contributed by atoms with Crippen molar-refractivity contribution in [2.75, 3.05) is 18.6 Å². The Morgan fingerprint density at radius 2 is 1.97 bits per heavy atom. The SMILES string of the molecule is CCCCCOc1ccc(C2c3c(oc4ccccc4c3=O)C(=O)N2c2nccs2)cc1OC. The molecule has 0 N–H and O–H groups in total. The molecule has 34 heavy (non-hydrogen) atoms. The lowest BCUT2D eigenvalue weighted by molar-refractivity contribution is 0.0971. The topological polar surface area (TPSA) is 81.9 Å². The van der Waals surface area contributed by atoms with Crippen LogP contribution in [0.15, 0.2) is 63.3 Å². The van der Waals surface area contributed by atoms with Crippen molar-refractivity contribution in [2.24, 2.45) is 0 Å². The fraction of sp³-hybridized carbons (Fsp3) is 0.269. The number of aromatic nitrogens is 1. The van der Waals surface area contributed by atoms with E-state index in [1.807, 2.05) is 18.2 Å². The Labute approximate surface area is 200 Å². The van der Waals surface area contributed by atoms with Crippen LogP contribution in [0.2, 0.25) is 0 Å². The first kappa shape index (κ1) is 22.2. The smallest absolute Gasteiger partial charge is 0.297 e. The summed E-state index contributed by atoms with van der Waals surface area (Å²) in [5, 5.41) is 2.72. The van der Waals surface area contributed by atoms with Crippen LogP contribution in [0.5, 0.6) is 11.5 Å². The molecule has 2 aromatic heterocycles. The van der Waals surface area contributed by atoms with Crippen LogP contribution in [0.4, 0.5) is 5.13 Å². The molecule has 0 radical (unpaired) electrons. The minimum absolute atomic E-state index is 0.0442. The maximum atomic E-state index is 13.6. The highest BCUT2D eigenvalue weighted by molar-refractivity contribution is 7.13. The zero-order chi connectivity index (χ0) is 23.7. The first-order valence-corrected chi connectivity index (χ1v) is 12.1. The van der Waals surface area contributed by atoms with E-state index < -0.39 is 11.9 Å². The third kappa shape index (κ3) is 3.74. The summed E-state index contributed by atoms with van der Waals surface area (Å²) in [6, 6.07) is 11.8. The van der Waals surface area contributed by atoms with Gasteiger partial charge in [0.05, 0.1) is 30.7 Å². The van der Waals surface area contributed by atoms with Crippen molar-refractivity contribution >= 4 is 33.3 Å². The molecule has 4 aromatic rings. The number of amides is 1. The van der Waals surface area contributed by atoms with Gasteiger partial charge in [0.15, 0.2) is 22.1 Å². The number of unbranched alkanes of at least 4 members (excludes halogenated alkanes) is 2. The molecule has 0 bridgehead atoms. The molecule has 8 heteroatoms. The fourth-order valence-electron chi connectivity index (χ4n) is 4.27. The highest BCUT2D eigenvalue weighted by Crippen LogP contribution is 2.43. The molecule has 1 aliphatic rings. The van der Waals surface area contributed by atoms with Gasteiger partial charge in [0, 0.05) is 11.6 Å². The minimum atomic E-state index is -0.697. The molecule has 1 atom stereocenters. The van der Waals surface area contributed by atoms with E-state index >= 15 is 0 Å². The second kappa shape index (κ2) is 9.30. The zero-order valence-electron chi connectivity index (χ0n) is 18.9. The molecule has 3 heterocycles. The van der Waals surface area contributed by atoms with Gasteiger partial charge in [-0.1, -0.05) is 38.0 Å². The normalized spacial score (nSPS) is 15.1. The van der Waals surface area contributed by atoms with Crippen molar-refractivity contribution in [2.45, 2.75) is 32.2 Å². The maximum Gasteiger partial charge on any atom is 0.297 e. The van der Waals surface area contributed by atoms with E-state index in [2.05, 4.69) is 11.9 Å². The van der Waals surface area contributed by atoms with Gasteiger partial charge in [0.2, 0.25) is 5.76 Å². The monoisotopic (exact) mass is 476 g/mol. The van der Waals surface area contributed by atoms with Gasteiger partial charge in [-0.3, -0.25) is 14.5 Å². The lowest BCUT2D eigenvalue weighted by Gasteiger charge is -2.23. The molecule has 1 amide bonds. The number of carbonyl (C=O) groups excluding carboxylic acids is 1. The first-order valence-electron chi connectivity index (χ1n) is 11.2. The van der Waals surface area contributed by atoms with Gasteiger partial charge < -0.3 is 13.9 Å². The molecule has 1 aliphatic heterocycles. The highest BCUT2D eigenvalue weighted by Gasteiger charge is 2.45. The second-order valence-corrected chi connectivity index (χ2v) is 8.90. The molecule has 0 aliphatic carbocycles. The van der Waals surface area contributed by atoms with Crippen molar-refractivity contribution in [3.05, 3.63) is 81.2 Å². The Hall–Kier alpha value is -3.65. The number of hydrogen-bond acceptors (Lipinski definition) is 7. The first-order chi connectivity index (χ1) is 16.6. The second-order valence-electron chi connectivity index (χ2n) is 8.03. The number of thiazole rings is 1. The zero-order valence-corrected chi connectivity index (χ0v) is 19.8.